The predicted molar refractivity (Wildman–Crippen MR) is 104 cm³/mol. The highest BCUT2D eigenvalue weighted by atomic mass is 35.5. The van der Waals surface area contributed by atoms with E-state index in [1.54, 1.807) is 6.07 Å². The molecule has 0 saturated heterocycles. The van der Waals surface area contributed by atoms with Gasteiger partial charge in [0, 0.05) is 21.1 Å². The van der Waals surface area contributed by atoms with E-state index in [1.807, 2.05) is 50.4 Å². The summed E-state index contributed by atoms with van der Waals surface area (Å²) in [5, 5.41) is 0.621. The van der Waals surface area contributed by atoms with Gasteiger partial charge in [-0.1, -0.05) is 36.0 Å². The molecule has 0 atom stereocenters. The highest BCUT2D eigenvalue weighted by Crippen LogP contribution is 2.43. The zero-order valence-corrected chi connectivity index (χ0v) is 15.9. The van der Waals surface area contributed by atoms with Crippen molar-refractivity contribution in [3.63, 3.8) is 0 Å². The summed E-state index contributed by atoms with van der Waals surface area (Å²) in [6.45, 7) is 3.83. The van der Waals surface area contributed by atoms with Crippen LogP contribution in [0.3, 0.4) is 0 Å². The third-order valence-corrected chi connectivity index (χ3v) is 5.59. The Morgan fingerprint density at radius 2 is 1.88 bits per heavy atom. The van der Waals surface area contributed by atoms with Gasteiger partial charge < -0.3 is 4.74 Å². The van der Waals surface area contributed by atoms with Crippen LogP contribution in [0, 0.1) is 5.82 Å². The number of halogens is 2. The van der Waals surface area contributed by atoms with Gasteiger partial charge in [-0.15, -0.1) is 11.8 Å². The van der Waals surface area contributed by atoms with Gasteiger partial charge in [0.05, 0.1) is 4.86 Å². The van der Waals surface area contributed by atoms with Crippen molar-refractivity contribution in [3.05, 3.63) is 64.4 Å². The van der Waals surface area contributed by atoms with Crippen LogP contribution in [0.1, 0.15) is 25.0 Å². The van der Waals surface area contributed by atoms with Crippen LogP contribution >= 0.6 is 35.6 Å². The second-order valence-corrected chi connectivity index (χ2v) is 7.70. The van der Waals surface area contributed by atoms with Crippen molar-refractivity contribution in [1.29, 1.82) is 0 Å². The highest BCUT2D eigenvalue weighted by Gasteiger charge is 2.39. The highest BCUT2D eigenvalue weighted by molar-refractivity contribution is 7.98. The summed E-state index contributed by atoms with van der Waals surface area (Å²) < 4.78 is 20.3. The van der Waals surface area contributed by atoms with Gasteiger partial charge in [-0.05, 0) is 56.0 Å². The van der Waals surface area contributed by atoms with Gasteiger partial charge in [-0.2, -0.15) is 0 Å². The molecular weight excluding hydrogens is 363 g/mol. The summed E-state index contributed by atoms with van der Waals surface area (Å²) in [6.07, 6.45) is 1.85. The van der Waals surface area contributed by atoms with E-state index in [-0.39, 0.29) is 5.82 Å². The number of benzene rings is 2. The molecule has 0 aromatic heterocycles. The molecule has 1 aliphatic heterocycles. The Labute approximate surface area is 155 Å². The molecule has 2 aromatic rings. The van der Waals surface area contributed by atoms with Gasteiger partial charge in [-0.25, -0.2) is 4.39 Å². The summed E-state index contributed by atoms with van der Waals surface area (Å²) in [5.41, 5.74) is 1.72. The summed E-state index contributed by atoms with van der Waals surface area (Å²) in [7, 11) is 0. The van der Waals surface area contributed by atoms with Gasteiger partial charge in [0.25, 0.3) is 0 Å². The number of ether oxygens (including phenoxy) is 1. The Bertz CT molecular complexity index is 858. The number of rotatable bonds is 3. The first kappa shape index (κ1) is 17.5. The third kappa shape index (κ3) is 3.10. The minimum atomic E-state index is -0.628. The molecule has 1 aliphatic rings. The second-order valence-electron chi connectivity index (χ2n) is 6.01. The van der Waals surface area contributed by atoms with E-state index in [4.69, 9.17) is 28.6 Å². The smallest absolute Gasteiger partial charge is 0.139 e. The van der Waals surface area contributed by atoms with E-state index in [9.17, 15) is 4.39 Å². The summed E-state index contributed by atoms with van der Waals surface area (Å²) in [5.74, 6) is 0.330. The SMILES string of the molecule is CSc1ccc(C2=C(c3cccc(Cl)c3)C(=S)C(C)(C)O2)cc1F. The monoisotopic (exact) mass is 378 g/mol. The Hall–Kier alpha value is -1.36. The second kappa shape index (κ2) is 6.51. The van der Waals surface area contributed by atoms with Crippen LogP contribution in [0.2, 0.25) is 5.02 Å². The molecule has 0 fully saturated rings. The lowest BCUT2D eigenvalue weighted by atomic mass is 9.94. The van der Waals surface area contributed by atoms with Crippen LogP contribution in [-0.4, -0.2) is 16.7 Å². The molecule has 0 radical (unpaired) electrons. The molecule has 5 heteroatoms. The molecule has 0 unspecified atom stereocenters. The lowest BCUT2D eigenvalue weighted by Gasteiger charge is -2.20. The van der Waals surface area contributed by atoms with Gasteiger partial charge in [0.2, 0.25) is 0 Å². The molecule has 1 heterocycles. The van der Waals surface area contributed by atoms with Crippen molar-refractivity contribution >= 4 is 51.8 Å². The zero-order chi connectivity index (χ0) is 17.5. The molecule has 0 N–H and O–H groups in total. The minimum Gasteiger partial charge on any atom is -0.481 e. The van der Waals surface area contributed by atoms with Crippen LogP contribution < -0.4 is 0 Å². The van der Waals surface area contributed by atoms with Crippen molar-refractivity contribution in [2.75, 3.05) is 6.26 Å². The number of thioether (sulfide) groups is 1. The molecule has 3 rings (SSSR count). The molecule has 0 bridgehead atoms. The summed E-state index contributed by atoms with van der Waals surface area (Å²) in [6, 6.07) is 12.6. The average Bonchev–Trinajstić information content (AvgIpc) is 2.77. The Kier molecular flexibility index (Phi) is 4.73. The fourth-order valence-electron chi connectivity index (χ4n) is 2.67. The van der Waals surface area contributed by atoms with Crippen molar-refractivity contribution < 1.29 is 9.13 Å². The molecule has 24 heavy (non-hydrogen) atoms. The Morgan fingerprint density at radius 1 is 1.12 bits per heavy atom. The average molecular weight is 379 g/mol. The van der Waals surface area contributed by atoms with E-state index in [1.165, 1.54) is 17.8 Å². The zero-order valence-electron chi connectivity index (χ0n) is 13.5. The third-order valence-electron chi connectivity index (χ3n) is 3.89. The normalized spacial score (nSPS) is 16.5. The number of thiocarbonyl (C=S) groups is 1. The lowest BCUT2D eigenvalue weighted by molar-refractivity contribution is 0.160. The van der Waals surface area contributed by atoms with Crippen LogP contribution in [0.4, 0.5) is 4.39 Å². The molecule has 0 saturated carbocycles. The molecule has 0 amide bonds. The van der Waals surface area contributed by atoms with Gasteiger partial charge in [0.1, 0.15) is 17.2 Å². The number of hydrogen-bond donors (Lipinski definition) is 0. The first-order valence-corrected chi connectivity index (χ1v) is 9.42. The standard InChI is InChI=1S/C19H16ClFOS2/c1-19(2)18(23)16(11-5-4-6-13(20)9-11)17(22-19)12-7-8-15(24-3)14(21)10-12/h4-10H,1-3H3. The van der Waals surface area contributed by atoms with Crippen LogP contribution in [0.25, 0.3) is 11.3 Å². The van der Waals surface area contributed by atoms with Gasteiger partial charge >= 0.3 is 0 Å². The van der Waals surface area contributed by atoms with Crippen molar-refractivity contribution in [1.82, 2.24) is 0 Å². The molecule has 1 nitrogen and oxygen atoms in total. The van der Waals surface area contributed by atoms with Crippen LogP contribution in [0.15, 0.2) is 47.4 Å². The predicted octanol–water partition coefficient (Wildman–Crippen LogP) is 6.25. The van der Waals surface area contributed by atoms with E-state index >= 15 is 0 Å². The minimum absolute atomic E-state index is 0.267. The molecule has 0 aliphatic carbocycles. The Morgan fingerprint density at radius 3 is 2.50 bits per heavy atom. The maximum atomic E-state index is 14.2. The fourth-order valence-corrected chi connectivity index (χ4v) is 3.57. The summed E-state index contributed by atoms with van der Waals surface area (Å²) >= 11 is 13.1. The van der Waals surface area contributed by atoms with E-state index in [0.717, 1.165) is 11.1 Å². The van der Waals surface area contributed by atoms with Crippen molar-refractivity contribution in [2.45, 2.75) is 24.3 Å². The van der Waals surface area contributed by atoms with Crippen molar-refractivity contribution in [3.8, 4) is 0 Å². The van der Waals surface area contributed by atoms with Crippen molar-refractivity contribution in [2.24, 2.45) is 0 Å². The molecule has 2 aromatic carbocycles. The van der Waals surface area contributed by atoms with E-state index in [0.29, 0.717) is 26.1 Å². The van der Waals surface area contributed by atoms with E-state index in [2.05, 4.69) is 0 Å². The van der Waals surface area contributed by atoms with E-state index < -0.39 is 5.60 Å². The maximum absolute atomic E-state index is 14.2. The van der Waals surface area contributed by atoms with Gasteiger partial charge in [-0.3, -0.25) is 0 Å². The fraction of sp³-hybridized carbons (Fsp3) is 0.211. The Balaban J connectivity index is 2.20. The first-order chi connectivity index (χ1) is 11.3. The number of hydrogen-bond acceptors (Lipinski definition) is 3. The molecule has 0 spiro atoms. The quantitative estimate of drug-likeness (QED) is 0.461. The van der Waals surface area contributed by atoms with Crippen LogP contribution in [0.5, 0.6) is 0 Å². The topological polar surface area (TPSA) is 9.23 Å². The lowest BCUT2D eigenvalue weighted by Crippen LogP contribution is -2.27. The van der Waals surface area contributed by atoms with Gasteiger partial charge in [0.15, 0.2) is 0 Å². The molecule has 124 valence electrons. The summed E-state index contributed by atoms with van der Waals surface area (Å²) in [4.78, 5) is 1.29. The first-order valence-electron chi connectivity index (χ1n) is 7.41. The van der Waals surface area contributed by atoms with Crippen LogP contribution in [-0.2, 0) is 4.74 Å². The maximum Gasteiger partial charge on any atom is 0.139 e. The largest absolute Gasteiger partial charge is 0.481 e. The molecular formula is C19H16ClFOS2.